The van der Waals surface area contributed by atoms with Crippen molar-refractivity contribution >= 4 is 11.9 Å². The van der Waals surface area contributed by atoms with Gasteiger partial charge in [-0.15, -0.1) is 0 Å². The molecule has 3 aliphatic rings. The van der Waals surface area contributed by atoms with E-state index in [0.717, 1.165) is 62.4 Å². The molecule has 11 heteroatoms. The zero-order valence-electron chi connectivity index (χ0n) is 16.9. The number of carboxylic acids is 1. The first-order chi connectivity index (χ1) is 14.1. The van der Waals surface area contributed by atoms with E-state index in [4.69, 9.17) is 19.2 Å². The predicted octanol–water partition coefficient (Wildman–Crippen LogP) is 2.18. The van der Waals surface area contributed by atoms with Gasteiger partial charge in [0.15, 0.2) is 0 Å². The first kappa shape index (κ1) is 22.5. The number of carbonyl (C=O) groups excluding carboxylic acids is 1. The molecule has 8 nitrogen and oxygen atoms in total. The van der Waals surface area contributed by atoms with Crippen LogP contribution in [0.4, 0.5) is 13.2 Å². The Bertz CT molecular complexity index is 758. The SMILES string of the molecule is Cc1noc(C)c1CN1C[C@@H](C(=O)NC2CC2)C[C@H]2OCC[C@H]21.O=C(O)C(F)(F)F. The van der Waals surface area contributed by atoms with Crippen LogP contribution < -0.4 is 5.32 Å². The number of hydrogen-bond acceptors (Lipinski definition) is 6. The Kier molecular flexibility index (Phi) is 6.71. The van der Waals surface area contributed by atoms with Gasteiger partial charge in [-0.25, -0.2) is 4.79 Å². The van der Waals surface area contributed by atoms with Gasteiger partial charge in [-0.1, -0.05) is 5.16 Å². The van der Waals surface area contributed by atoms with E-state index in [2.05, 4.69) is 15.4 Å². The zero-order chi connectivity index (χ0) is 22.1. The maximum atomic E-state index is 12.5. The molecule has 3 atom stereocenters. The van der Waals surface area contributed by atoms with Crippen molar-refractivity contribution in [1.82, 2.24) is 15.4 Å². The summed E-state index contributed by atoms with van der Waals surface area (Å²) in [6.07, 6.45) is -0.751. The van der Waals surface area contributed by atoms with Gasteiger partial charge in [-0.3, -0.25) is 9.69 Å². The maximum absolute atomic E-state index is 12.5. The molecular weight excluding hydrogens is 407 g/mol. The van der Waals surface area contributed by atoms with Gasteiger partial charge in [0.25, 0.3) is 0 Å². The van der Waals surface area contributed by atoms with Crippen LogP contribution in [0.2, 0.25) is 0 Å². The van der Waals surface area contributed by atoms with E-state index in [1.54, 1.807) is 0 Å². The summed E-state index contributed by atoms with van der Waals surface area (Å²) in [5, 5.41) is 14.3. The van der Waals surface area contributed by atoms with Crippen molar-refractivity contribution in [2.45, 2.75) is 70.4 Å². The number of aryl methyl sites for hydroxylation is 2. The summed E-state index contributed by atoms with van der Waals surface area (Å²) in [5.74, 6) is -1.66. The van der Waals surface area contributed by atoms with Crippen LogP contribution in [0.1, 0.15) is 42.7 Å². The van der Waals surface area contributed by atoms with Crippen LogP contribution in [0.5, 0.6) is 0 Å². The molecule has 1 saturated carbocycles. The normalized spacial score (nSPS) is 26.5. The van der Waals surface area contributed by atoms with Crippen LogP contribution in [0.15, 0.2) is 4.52 Å². The monoisotopic (exact) mass is 433 g/mol. The van der Waals surface area contributed by atoms with Gasteiger partial charge in [0, 0.05) is 37.3 Å². The van der Waals surface area contributed by atoms with Crippen molar-refractivity contribution in [3.63, 3.8) is 0 Å². The lowest BCUT2D eigenvalue weighted by molar-refractivity contribution is -0.192. The van der Waals surface area contributed by atoms with Gasteiger partial charge < -0.3 is 19.7 Å². The lowest BCUT2D eigenvalue weighted by atomic mass is 9.89. The van der Waals surface area contributed by atoms with Gasteiger partial charge in [0.2, 0.25) is 5.91 Å². The number of amides is 1. The fourth-order valence-electron chi connectivity index (χ4n) is 3.90. The number of nitrogens with zero attached hydrogens (tertiary/aromatic N) is 2. The number of aliphatic carboxylic acids is 1. The number of piperidine rings is 1. The number of halogens is 3. The molecule has 30 heavy (non-hydrogen) atoms. The van der Waals surface area contributed by atoms with E-state index in [0.29, 0.717) is 12.1 Å². The molecule has 0 unspecified atom stereocenters. The van der Waals surface area contributed by atoms with E-state index in [9.17, 15) is 18.0 Å². The maximum Gasteiger partial charge on any atom is 0.490 e. The Balaban J connectivity index is 0.000000318. The molecule has 3 fully saturated rings. The standard InChI is InChI=1S/C17H25N3O3.C2HF3O2/c1-10-14(11(2)23-19-10)9-20-8-12(17(21)18-13-3-4-13)7-16-15(20)5-6-22-16;3-2(4,5)1(6)7/h12-13,15-16H,3-9H2,1-2H3,(H,18,21);(H,6,7)/t12-,15+,16+;/m0./s1. The highest BCUT2D eigenvalue weighted by Crippen LogP contribution is 2.33. The highest BCUT2D eigenvalue weighted by Gasteiger charge is 2.43. The van der Waals surface area contributed by atoms with Gasteiger partial charge in [0.1, 0.15) is 5.76 Å². The van der Waals surface area contributed by atoms with E-state index >= 15 is 0 Å². The molecule has 4 rings (SSSR count). The van der Waals surface area contributed by atoms with Crippen molar-refractivity contribution < 1.29 is 37.1 Å². The third kappa shape index (κ3) is 5.51. The second-order valence-corrected chi connectivity index (χ2v) is 8.02. The minimum Gasteiger partial charge on any atom is -0.475 e. The number of ether oxygens (including phenoxy) is 1. The van der Waals surface area contributed by atoms with Crippen LogP contribution in [-0.4, -0.2) is 64.6 Å². The molecule has 2 aliphatic heterocycles. The minimum absolute atomic E-state index is 0.0235. The summed E-state index contributed by atoms with van der Waals surface area (Å²) in [7, 11) is 0. The largest absolute Gasteiger partial charge is 0.490 e. The van der Waals surface area contributed by atoms with Gasteiger partial charge >= 0.3 is 12.1 Å². The number of alkyl halides is 3. The van der Waals surface area contributed by atoms with Crippen molar-refractivity contribution in [2.24, 2.45) is 5.92 Å². The van der Waals surface area contributed by atoms with Gasteiger partial charge in [-0.2, -0.15) is 13.2 Å². The van der Waals surface area contributed by atoms with Crippen LogP contribution in [0.3, 0.4) is 0 Å². The summed E-state index contributed by atoms with van der Waals surface area (Å²) < 4.78 is 42.9. The van der Waals surface area contributed by atoms with Crippen molar-refractivity contribution in [3.05, 3.63) is 17.0 Å². The highest BCUT2D eigenvalue weighted by atomic mass is 19.4. The van der Waals surface area contributed by atoms with Crippen LogP contribution in [-0.2, 0) is 20.9 Å². The topological polar surface area (TPSA) is 105 Å². The molecule has 2 saturated heterocycles. The quantitative estimate of drug-likeness (QED) is 0.750. The highest BCUT2D eigenvalue weighted by molar-refractivity contribution is 5.79. The Labute approximate surface area is 171 Å². The Morgan fingerprint density at radius 1 is 1.27 bits per heavy atom. The third-order valence-electron chi connectivity index (χ3n) is 5.69. The first-order valence-electron chi connectivity index (χ1n) is 9.94. The van der Waals surface area contributed by atoms with Crippen LogP contribution in [0, 0.1) is 19.8 Å². The molecule has 0 radical (unpaired) electrons. The molecule has 0 aromatic carbocycles. The smallest absolute Gasteiger partial charge is 0.475 e. The number of carboxylic acid groups (broad SMARTS) is 1. The molecule has 3 heterocycles. The molecular formula is C19H26F3N3O5. The van der Waals surface area contributed by atoms with E-state index < -0.39 is 12.1 Å². The van der Waals surface area contributed by atoms with Crippen molar-refractivity contribution in [2.75, 3.05) is 13.2 Å². The van der Waals surface area contributed by atoms with E-state index in [-0.39, 0.29) is 17.9 Å². The number of aromatic nitrogens is 1. The predicted molar refractivity (Wildman–Crippen MR) is 97.5 cm³/mol. The zero-order valence-corrected chi connectivity index (χ0v) is 16.9. The Morgan fingerprint density at radius 3 is 2.47 bits per heavy atom. The van der Waals surface area contributed by atoms with Crippen molar-refractivity contribution in [3.8, 4) is 0 Å². The number of fused-ring (bicyclic) bond motifs is 1. The second kappa shape index (κ2) is 8.93. The summed E-state index contributed by atoms with van der Waals surface area (Å²) in [4.78, 5) is 23.8. The lowest BCUT2D eigenvalue weighted by Gasteiger charge is -2.40. The number of rotatable bonds is 4. The van der Waals surface area contributed by atoms with Crippen LogP contribution in [0.25, 0.3) is 0 Å². The second-order valence-electron chi connectivity index (χ2n) is 8.02. The third-order valence-corrected chi connectivity index (χ3v) is 5.69. The molecule has 1 amide bonds. The first-order valence-corrected chi connectivity index (χ1v) is 9.94. The lowest BCUT2D eigenvalue weighted by Crippen LogP contribution is -2.52. The number of nitrogens with one attached hydrogen (secondary N) is 1. The van der Waals surface area contributed by atoms with Crippen LogP contribution >= 0.6 is 0 Å². The van der Waals surface area contributed by atoms with E-state index in [1.165, 1.54) is 0 Å². The molecule has 1 aromatic rings. The van der Waals surface area contributed by atoms with Gasteiger partial charge in [0.05, 0.1) is 17.7 Å². The Hall–Kier alpha value is -2.14. The molecule has 0 spiro atoms. The van der Waals surface area contributed by atoms with Gasteiger partial charge in [-0.05, 0) is 39.5 Å². The van der Waals surface area contributed by atoms with E-state index in [1.807, 2.05) is 13.8 Å². The fourth-order valence-corrected chi connectivity index (χ4v) is 3.90. The number of likely N-dealkylation sites (tertiary alicyclic amines) is 1. The number of carbonyl (C=O) groups is 2. The fraction of sp³-hybridized carbons (Fsp3) is 0.737. The average Bonchev–Trinajstić information content (AvgIpc) is 3.25. The molecule has 2 N–H and O–H groups in total. The van der Waals surface area contributed by atoms with Crippen molar-refractivity contribution in [1.29, 1.82) is 0 Å². The molecule has 168 valence electrons. The molecule has 0 bridgehead atoms. The number of hydrogen-bond donors (Lipinski definition) is 2. The molecule has 1 aromatic heterocycles. The molecule has 1 aliphatic carbocycles. The summed E-state index contributed by atoms with van der Waals surface area (Å²) >= 11 is 0. The summed E-state index contributed by atoms with van der Waals surface area (Å²) in [5.41, 5.74) is 2.10. The minimum atomic E-state index is -5.08. The Morgan fingerprint density at radius 2 is 1.93 bits per heavy atom. The average molecular weight is 433 g/mol. The summed E-state index contributed by atoms with van der Waals surface area (Å²) in [6, 6.07) is 0.828. The summed E-state index contributed by atoms with van der Waals surface area (Å²) in [6.45, 7) is 6.32.